The van der Waals surface area contributed by atoms with Crippen LogP contribution in [0.5, 0.6) is 0 Å². The van der Waals surface area contributed by atoms with E-state index in [1.54, 1.807) is 43.4 Å². The predicted octanol–water partition coefficient (Wildman–Crippen LogP) is 20.0. The fourth-order valence-corrected chi connectivity index (χ4v) is 7.84. The molecule has 0 spiro atoms. The molecule has 0 unspecified atom stereocenters. The Morgan fingerprint density at radius 3 is 0.978 bits per heavy atom. The van der Waals surface area contributed by atoms with Gasteiger partial charge in [-0.3, -0.25) is 39.9 Å². The van der Waals surface area contributed by atoms with Crippen molar-refractivity contribution >= 4 is 0 Å². The zero-order valence-corrected chi connectivity index (χ0v) is 65.5. The summed E-state index contributed by atoms with van der Waals surface area (Å²) in [6.07, 6.45) is 13.8. The van der Waals surface area contributed by atoms with Gasteiger partial charge in [0.1, 0.15) is 23.3 Å². The molecule has 16 nitrogen and oxygen atoms in total. The standard InChI is InChI=1S/3C10H16N2.2C9H14N2.2C6H8N2.C5H6N2.3C4H10/c1-6(2)10-7(3)11-9(5)12-8(10)4;1-6(2)10-7(3)8(4)11-9(5)12-10;1-6(2)10-11-8(4)7(3)9(5)12-10;1-6(2)9-8(4)11-7(3)5-10-9;1-6(2)9-8(4)10-5-7(3)11-9;1-5-6(2)8-4-3-7-5;1-5-3-4-7-6(2)8-5;1-5-4-6-2-3-7-5;3*1-4(2)3/h3*6H,1-5H3;2*5-6H,1-4H3;2*3-4H,1-2H3;2-4H,1H3;3*4H,1-3H3. The second-order valence-electron chi connectivity index (χ2n) is 26.9. The Hall–Kier alpha value is -7.36. The third-order valence-corrected chi connectivity index (χ3v) is 12.3. The lowest BCUT2D eigenvalue weighted by Gasteiger charge is -2.11. The summed E-state index contributed by atoms with van der Waals surface area (Å²) in [4.78, 5) is 67.3. The first kappa shape index (κ1) is 89.8. The number of rotatable bonds is 5. The molecule has 0 fully saturated rings. The Bertz CT molecular complexity index is 3190. The van der Waals surface area contributed by atoms with E-state index in [4.69, 9.17) is 0 Å². The van der Waals surface area contributed by atoms with Crippen molar-refractivity contribution in [1.29, 1.82) is 0 Å². The van der Waals surface area contributed by atoms with Crippen LogP contribution in [-0.2, 0) is 0 Å². The molecule has 0 aliphatic carbocycles. The van der Waals surface area contributed by atoms with Crippen molar-refractivity contribution in [2.45, 2.75) is 286 Å². The normalized spacial score (nSPS) is 10.1. The smallest absolute Gasteiger partial charge is 0.131 e. The number of hydrogen-bond acceptors (Lipinski definition) is 16. The van der Waals surface area contributed by atoms with Crippen LogP contribution in [-0.4, -0.2) is 79.7 Å². The van der Waals surface area contributed by atoms with Crippen molar-refractivity contribution in [3.05, 3.63) is 187 Å². The second-order valence-corrected chi connectivity index (χ2v) is 26.9. The van der Waals surface area contributed by atoms with E-state index in [-0.39, 0.29) is 0 Å². The molecular weight excluding hydrogens is 1150 g/mol. The van der Waals surface area contributed by atoms with Crippen LogP contribution >= 0.6 is 0 Å². The van der Waals surface area contributed by atoms with Crippen molar-refractivity contribution in [2.75, 3.05) is 0 Å². The van der Waals surface area contributed by atoms with Gasteiger partial charge in [0.15, 0.2) is 0 Å². The zero-order chi connectivity index (χ0) is 72.6. The van der Waals surface area contributed by atoms with Gasteiger partial charge < -0.3 is 0 Å². The van der Waals surface area contributed by atoms with E-state index in [0.29, 0.717) is 29.6 Å². The number of nitrogens with zero attached hydrogens (tertiary/aromatic N) is 16. The van der Waals surface area contributed by atoms with Gasteiger partial charge in [0.05, 0.1) is 51.2 Å². The summed E-state index contributed by atoms with van der Waals surface area (Å²) in [6.45, 7) is 76.8. The Morgan fingerprint density at radius 2 is 0.645 bits per heavy atom. The highest BCUT2D eigenvalue weighted by molar-refractivity contribution is 5.28. The molecule has 93 heavy (non-hydrogen) atoms. The summed E-state index contributed by atoms with van der Waals surface area (Å²) in [5.74, 6) is 8.42. The Kier molecular flexibility index (Phi) is 46.7. The van der Waals surface area contributed by atoms with Gasteiger partial charge in [-0.15, -0.1) is 0 Å². The molecule has 0 amide bonds. The summed E-state index contributed by atoms with van der Waals surface area (Å²) < 4.78 is 0. The molecule has 8 aromatic heterocycles. The second kappa shape index (κ2) is 48.4. The number of aryl methyl sites for hydroxylation is 16. The number of hydrogen-bond donors (Lipinski definition) is 0. The third-order valence-electron chi connectivity index (χ3n) is 12.3. The van der Waals surface area contributed by atoms with E-state index in [1.807, 2.05) is 109 Å². The SMILES string of the molecule is CC(C)C.CC(C)C.CC(C)C.Cc1ccnc(C)n1.Cc1cnc(C(C)C)c(C)n1.Cc1cnc(C)c(C(C)C)n1.Cc1cnccn1.Cc1nc(C(C)C)nc(C)c1C.Cc1nc(C)c(C(C)C)c(C)n1.Cc1nc(C)c(C)c(C(C)C)n1.Cc1nccnc1C. The van der Waals surface area contributed by atoms with Crippen LogP contribution in [0.4, 0.5) is 0 Å². The Labute approximate surface area is 567 Å². The van der Waals surface area contributed by atoms with Crippen LogP contribution in [0.3, 0.4) is 0 Å². The van der Waals surface area contributed by atoms with Crippen LogP contribution in [0.2, 0.25) is 0 Å². The van der Waals surface area contributed by atoms with E-state index in [2.05, 4.69) is 239 Å². The lowest BCUT2D eigenvalue weighted by molar-refractivity contribution is 0.736. The van der Waals surface area contributed by atoms with Gasteiger partial charge in [0.25, 0.3) is 0 Å². The highest BCUT2D eigenvalue weighted by Gasteiger charge is 2.11. The molecule has 0 aromatic carbocycles. The maximum atomic E-state index is 4.42. The molecule has 8 aromatic rings. The Morgan fingerprint density at radius 1 is 0.237 bits per heavy atom. The lowest BCUT2D eigenvalue weighted by Crippen LogP contribution is -2.03. The topological polar surface area (TPSA) is 206 Å². The Balaban J connectivity index is -0.000000975. The summed E-state index contributed by atoms with van der Waals surface area (Å²) in [7, 11) is 0. The summed E-state index contributed by atoms with van der Waals surface area (Å²) in [5, 5.41) is 0. The van der Waals surface area contributed by atoms with Crippen LogP contribution in [0, 0.1) is 142 Å². The van der Waals surface area contributed by atoms with Gasteiger partial charge in [-0.25, -0.2) is 39.9 Å². The molecule has 0 bridgehead atoms. The largest absolute Gasteiger partial charge is 0.261 e. The van der Waals surface area contributed by atoms with Crippen molar-refractivity contribution in [2.24, 2.45) is 17.8 Å². The van der Waals surface area contributed by atoms with Crippen LogP contribution in [0.15, 0.2) is 55.6 Å². The summed E-state index contributed by atoms with van der Waals surface area (Å²) >= 11 is 0. The molecule has 0 radical (unpaired) electrons. The molecule has 0 aliphatic heterocycles. The van der Waals surface area contributed by atoms with Crippen molar-refractivity contribution in [3.8, 4) is 0 Å². The molecule has 8 heterocycles. The average molecular weight is 1280 g/mol. The molecule has 516 valence electrons. The minimum atomic E-state index is 0.419. The molecule has 0 saturated heterocycles. The van der Waals surface area contributed by atoms with E-state index in [9.17, 15) is 0 Å². The number of aromatic nitrogens is 16. The van der Waals surface area contributed by atoms with Gasteiger partial charge in [-0.1, -0.05) is 132 Å². The zero-order valence-electron chi connectivity index (χ0n) is 65.5. The molecule has 8 rings (SSSR count). The average Bonchev–Trinajstić information content (AvgIpc) is 0.993. The van der Waals surface area contributed by atoms with Crippen molar-refractivity contribution < 1.29 is 0 Å². The van der Waals surface area contributed by atoms with E-state index in [1.165, 1.54) is 22.4 Å². The van der Waals surface area contributed by atoms with Gasteiger partial charge in [-0.2, -0.15) is 0 Å². The monoisotopic (exact) mass is 1280 g/mol. The van der Waals surface area contributed by atoms with E-state index in [0.717, 1.165) is 126 Å². The van der Waals surface area contributed by atoms with Crippen molar-refractivity contribution in [1.82, 2.24) is 79.7 Å². The molecule has 0 atom stereocenters. The molecule has 16 heteroatoms. The fraction of sp³-hybridized carbons (Fsp3) is 0.584. The first-order chi connectivity index (χ1) is 43.0. The van der Waals surface area contributed by atoms with E-state index < -0.39 is 0 Å². The van der Waals surface area contributed by atoms with Crippen LogP contribution < -0.4 is 0 Å². The molecule has 0 N–H and O–H groups in total. The lowest BCUT2D eigenvalue weighted by atomic mass is 10.0. The highest BCUT2D eigenvalue weighted by Crippen LogP contribution is 2.21. The highest BCUT2D eigenvalue weighted by atomic mass is 14.9. The first-order valence-electron chi connectivity index (χ1n) is 33.2. The van der Waals surface area contributed by atoms with E-state index >= 15 is 0 Å². The van der Waals surface area contributed by atoms with Crippen LogP contribution in [0.1, 0.15) is 292 Å². The fourth-order valence-electron chi connectivity index (χ4n) is 7.84. The minimum Gasteiger partial charge on any atom is -0.261 e. The van der Waals surface area contributed by atoms with Crippen LogP contribution in [0.25, 0.3) is 0 Å². The summed E-state index contributed by atoms with van der Waals surface area (Å²) in [6, 6.07) is 1.88. The predicted molar refractivity (Wildman–Crippen MR) is 394 cm³/mol. The quantitative estimate of drug-likeness (QED) is 0.157. The first-order valence-corrected chi connectivity index (χ1v) is 33.2. The van der Waals surface area contributed by atoms with Gasteiger partial charge in [0, 0.05) is 95.4 Å². The maximum absolute atomic E-state index is 4.42. The molecule has 0 saturated carbocycles. The minimum absolute atomic E-state index is 0.419. The maximum Gasteiger partial charge on any atom is 0.131 e. The molecule has 0 aliphatic rings. The van der Waals surface area contributed by atoms with Gasteiger partial charge >= 0.3 is 0 Å². The van der Waals surface area contributed by atoms with Crippen molar-refractivity contribution in [3.63, 3.8) is 0 Å². The van der Waals surface area contributed by atoms with Gasteiger partial charge in [-0.05, 0) is 189 Å². The molecular formula is C77H128N16. The summed E-state index contributed by atoms with van der Waals surface area (Å²) in [5.41, 5.74) is 20.8. The van der Waals surface area contributed by atoms with Gasteiger partial charge in [0.2, 0.25) is 0 Å². The third kappa shape index (κ3) is 43.2.